The third kappa shape index (κ3) is 4.19. The molecule has 0 fully saturated rings. The van der Waals surface area contributed by atoms with Crippen LogP contribution in [-0.4, -0.2) is 41.1 Å². The Hall–Kier alpha value is -2.41. The van der Waals surface area contributed by atoms with E-state index in [4.69, 9.17) is 4.74 Å². The van der Waals surface area contributed by atoms with Crippen LogP contribution in [0.2, 0.25) is 0 Å². The largest absolute Gasteiger partial charge is 0.496 e. The van der Waals surface area contributed by atoms with Crippen LogP contribution in [0.15, 0.2) is 65.6 Å². The third-order valence-corrected chi connectivity index (χ3v) is 6.37. The van der Waals surface area contributed by atoms with Gasteiger partial charge in [0.1, 0.15) is 5.75 Å². The van der Waals surface area contributed by atoms with Gasteiger partial charge in [-0.2, -0.15) is 0 Å². The van der Waals surface area contributed by atoms with Gasteiger partial charge in [-0.3, -0.25) is 0 Å². The smallest absolute Gasteiger partial charge is 0.240 e. The first-order valence-electron chi connectivity index (χ1n) is 9.12. The van der Waals surface area contributed by atoms with Crippen LogP contribution in [0.3, 0.4) is 0 Å². The number of nitrogens with zero attached hydrogens (tertiary/aromatic N) is 1. The number of hydrogen-bond donors (Lipinski definition) is 1. The van der Waals surface area contributed by atoms with Gasteiger partial charge in [0.2, 0.25) is 10.0 Å². The lowest BCUT2D eigenvalue weighted by Crippen LogP contribution is -2.34. The highest BCUT2D eigenvalue weighted by molar-refractivity contribution is 7.89. The molecular formula is C22H26N2O3S. The van der Waals surface area contributed by atoms with E-state index in [1.165, 1.54) is 0 Å². The Kier molecular flexibility index (Phi) is 6.03. The lowest BCUT2D eigenvalue weighted by atomic mass is 9.98. The predicted octanol–water partition coefficient (Wildman–Crippen LogP) is 3.74. The molecule has 0 aromatic heterocycles. The average molecular weight is 399 g/mol. The molecule has 0 aliphatic carbocycles. The Labute approximate surface area is 167 Å². The van der Waals surface area contributed by atoms with Crippen molar-refractivity contribution in [2.45, 2.75) is 17.9 Å². The van der Waals surface area contributed by atoms with Gasteiger partial charge in [-0.25, -0.2) is 13.1 Å². The molecule has 3 aromatic carbocycles. The summed E-state index contributed by atoms with van der Waals surface area (Å²) in [6.07, 6.45) is 0. The maximum absolute atomic E-state index is 12.8. The van der Waals surface area contributed by atoms with E-state index in [1.807, 2.05) is 44.1 Å². The molecule has 0 spiro atoms. The molecule has 3 aromatic rings. The van der Waals surface area contributed by atoms with Gasteiger partial charge in [-0.15, -0.1) is 0 Å². The maximum atomic E-state index is 12.8. The van der Waals surface area contributed by atoms with E-state index in [1.54, 1.807) is 25.3 Å². The van der Waals surface area contributed by atoms with E-state index in [0.717, 1.165) is 21.9 Å². The summed E-state index contributed by atoms with van der Waals surface area (Å²) in [5.74, 6) is 0.667. The lowest BCUT2D eigenvalue weighted by Gasteiger charge is -2.26. The Morgan fingerprint density at radius 3 is 2.43 bits per heavy atom. The summed E-state index contributed by atoms with van der Waals surface area (Å²) >= 11 is 0. The van der Waals surface area contributed by atoms with Crippen LogP contribution in [-0.2, 0) is 10.0 Å². The highest BCUT2D eigenvalue weighted by atomic mass is 32.2. The van der Waals surface area contributed by atoms with E-state index in [2.05, 4.69) is 29.0 Å². The third-order valence-electron chi connectivity index (χ3n) is 4.95. The molecular weight excluding hydrogens is 372 g/mol. The molecule has 0 heterocycles. The van der Waals surface area contributed by atoms with Gasteiger partial charge < -0.3 is 9.64 Å². The molecule has 0 aliphatic rings. The number of ether oxygens (including phenoxy) is 1. The minimum absolute atomic E-state index is 0.0970. The number of fused-ring (bicyclic) bond motifs is 1. The van der Waals surface area contributed by atoms with E-state index in [9.17, 15) is 8.42 Å². The van der Waals surface area contributed by atoms with Gasteiger partial charge >= 0.3 is 0 Å². The van der Waals surface area contributed by atoms with Crippen molar-refractivity contribution in [1.29, 1.82) is 0 Å². The quantitative estimate of drug-likeness (QED) is 0.659. The van der Waals surface area contributed by atoms with Crippen LogP contribution >= 0.6 is 0 Å². The van der Waals surface area contributed by atoms with E-state index < -0.39 is 10.0 Å². The van der Waals surface area contributed by atoms with Gasteiger partial charge in [0.05, 0.1) is 12.0 Å². The Morgan fingerprint density at radius 2 is 1.75 bits per heavy atom. The number of likely N-dealkylation sites (N-methyl/N-ethyl adjacent to an activating group) is 1. The van der Waals surface area contributed by atoms with Gasteiger partial charge in [-0.1, -0.05) is 42.5 Å². The average Bonchev–Trinajstić information content (AvgIpc) is 2.68. The molecule has 3 rings (SSSR count). The molecule has 0 aliphatic heterocycles. The number of rotatable bonds is 7. The topological polar surface area (TPSA) is 58.6 Å². The maximum Gasteiger partial charge on any atom is 0.240 e. The van der Waals surface area contributed by atoms with Crippen molar-refractivity contribution < 1.29 is 13.2 Å². The summed E-state index contributed by atoms with van der Waals surface area (Å²) in [4.78, 5) is 2.27. The molecule has 1 atom stereocenters. The zero-order valence-electron chi connectivity index (χ0n) is 16.6. The number of benzene rings is 3. The van der Waals surface area contributed by atoms with Crippen LogP contribution in [0.25, 0.3) is 10.8 Å². The molecule has 0 amide bonds. The van der Waals surface area contributed by atoms with Crippen molar-refractivity contribution in [2.24, 2.45) is 0 Å². The summed E-state index contributed by atoms with van der Waals surface area (Å²) < 4.78 is 33.7. The minimum atomic E-state index is -3.63. The second kappa shape index (κ2) is 8.31. The van der Waals surface area contributed by atoms with Gasteiger partial charge in [-0.05, 0) is 61.1 Å². The second-order valence-corrected chi connectivity index (χ2v) is 8.80. The second-order valence-electron chi connectivity index (χ2n) is 7.03. The first kappa shape index (κ1) is 20.3. The van der Waals surface area contributed by atoms with Crippen molar-refractivity contribution in [3.63, 3.8) is 0 Å². The van der Waals surface area contributed by atoms with Crippen LogP contribution in [0.4, 0.5) is 0 Å². The highest BCUT2D eigenvalue weighted by Gasteiger charge is 2.21. The molecule has 0 bridgehead atoms. The highest BCUT2D eigenvalue weighted by Crippen LogP contribution is 2.27. The van der Waals surface area contributed by atoms with Crippen molar-refractivity contribution in [1.82, 2.24) is 9.62 Å². The fourth-order valence-corrected chi connectivity index (χ4v) is 4.52. The molecule has 0 saturated heterocycles. The van der Waals surface area contributed by atoms with Gasteiger partial charge in [0.25, 0.3) is 0 Å². The summed E-state index contributed by atoms with van der Waals surface area (Å²) in [6.45, 7) is 2.10. The predicted molar refractivity (Wildman–Crippen MR) is 113 cm³/mol. The van der Waals surface area contributed by atoms with Crippen molar-refractivity contribution in [3.8, 4) is 5.75 Å². The monoisotopic (exact) mass is 398 g/mol. The van der Waals surface area contributed by atoms with Crippen molar-refractivity contribution in [3.05, 3.63) is 71.8 Å². The van der Waals surface area contributed by atoms with Crippen LogP contribution in [0, 0.1) is 6.92 Å². The number of hydrogen-bond acceptors (Lipinski definition) is 4. The zero-order valence-corrected chi connectivity index (χ0v) is 17.5. The van der Waals surface area contributed by atoms with Gasteiger partial charge in [0.15, 0.2) is 0 Å². The molecule has 5 nitrogen and oxygen atoms in total. The lowest BCUT2D eigenvalue weighted by molar-refractivity contribution is 0.301. The Balaban J connectivity index is 1.88. The summed E-state index contributed by atoms with van der Waals surface area (Å²) in [5, 5.41) is 2.27. The van der Waals surface area contributed by atoms with Crippen molar-refractivity contribution in [2.75, 3.05) is 27.7 Å². The van der Waals surface area contributed by atoms with Crippen LogP contribution in [0.5, 0.6) is 5.75 Å². The minimum Gasteiger partial charge on any atom is -0.496 e. The van der Waals surface area contributed by atoms with Crippen LogP contribution in [0.1, 0.15) is 17.2 Å². The number of nitrogens with one attached hydrogen (secondary N) is 1. The first-order valence-corrected chi connectivity index (χ1v) is 10.6. The number of sulfonamides is 1. The molecule has 0 unspecified atom stereocenters. The first-order chi connectivity index (χ1) is 13.3. The molecule has 1 N–H and O–H groups in total. The molecule has 148 valence electrons. The Bertz CT molecular complexity index is 1070. The van der Waals surface area contributed by atoms with E-state index >= 15 is 0 Å². The number of methoxy groups -OCH3 is 1. The van der Waals surface area contributed by atoms with Gasteiger partial charge in [0, 0.05) is 12.6 Å². The van der Waals surface area contributed by atoms with E-state index in [-0.39, 0.29) is 17.5 Å². The summed E-state index contributed by atoms with van der Waals surface area (Å²) in [6, 6.07) is 19.1. The summed E-state index contributed by atoms with van der Waals surface area (Å²) in [5.41, 5.74) is 1.88. The Morgan fingerprint density at radius 1 is 1.04 bits per heavy atom. The molecule has 0 radical (unpaired) electrons. The fourth-order valence-electron chi connectivity index (χ4n) is 3.40. The zero-order chi connectivity index (χ0) is 20.3. The summed E-state index contributed by atoms with van der Waals surface area (Å²) in [7, 11) is 1.85. The number of aryl methyl sites for hydroxylation is 1. The SMILES string of the molecule is COc1ccc(S(=O)(=O)NC[C@@H](c2cccc3ccccc23)N(C)C)cc1C. The fraction of sp³-hybridized carbons (Fsp3) is 0.273. The molecule has 28 heavy (non-hydrogen) atoms. The molecule has 0 saturated carbocycles. The van der Waals surface area contributed by atoms with E-state index in [0.29, 0.717) is 5.75 Å². The normalized spacial score (nSPS) is 13.0. The van der Waals surface area contributed by atoms with Crippen LogP contribution < -0.4 is 9.46 Å². The standard InChI is InChI=1S/C22H26N2O3S/c1-16-14-18(12-13-22(16)27-4)28(25,26)23-15-21(24(2)3)20-11-7-9-17-8-5-6-10-19(17)20/h5-14,21,23H,15H2,1-4H3/t21-/m0/s1. The molecule has 6 heteroatoms. The van der Waals surface area contributed by atoms with Crippen molar-refractivity contribution >= 4 is 20.8 Å².